The highest BCUT2D eigenvalue weighted by Crippen LogP contribution is 2.48. The van der Waals surface area contributed by atoms with E-state index in [9.17, 15) is 4.79 Å². The number of benzene rings is 1. The molecule has 1 aromatic carbocycles. The zero-order valence-electron chi connectivity index (χ0n) is 11.1. The summed E-state index contributed by atoms with van der Waals surface area (Å²) in [5, 5.41) is 4.17. The Morgan fingerprint density at radius 3 is 2.58 bits per heavy atom. The van der Waals surface area contributed by atoms with Gasteiger partial charge in [-0.1, -0.05) is 49.0 Å². The predicted molar refractivity (Wildman–Crippen MR) is 79.9 cm³/mol. The van der Waals surface area contributed by atoms with Crippen LogP contribution in [0.1, 0.15) is 44.6 Å². The van der Waals surface area contributed by atoms with Gasteiger partial charge in [0.2, 0.25) is 6.41 Å². The van der Waals surface area contributed by atoms with E-state index in [-0.39, 0.29) is 11.5 Å². The molecule has 1 N–H and O–H groups in total. The molecule has 0 heterocycles. The average molecular weight is 300 g/mol. The fourth-order valence-electron chi connectivity index (χ4n) is 3.09. The Hall–Kier alpha value is -0.730. The highest BCUT2D eigenvalue weighted by atomic mass is 35.5. The summed E-state index contributed by atoms with van der Waals surface area (Å²) in [4.78, 5) is 10.9. The maximum atomic E-state index is 10.9. The SMILES string of the molecule is CCCC(NC=O)C1(c2ccc(Cl)c(Cl)c2)CCC1. The molecule has 104 valence electrons. The van der Waals surface area contributed by atoms with Crippen molar-refractivity contribution in [2.24, 2.45) is 0 Å². The minimum atomic E-state index is 0.0329. The topological polar surface area (TPSA) is 29.1 Å². The molecule has 0 radical (unpaired) electrons. The third-order valence-electron chi connectivity index (χ3n) is 4.25. The lowest BCUT2D eigenvalue weighted by Gasteiger charge is -2.48. The van der Waals surface area contributed by atoms with Gasteiger partial charge in [-0.3, -0.25) is 4.79 Å². The summed E-state index contributed by atoms with van der Waals surface area (Å²) < 4.78 is 0. The molecular weight excluding hydrogens is 281 g/mol. The largest absolute Gasteiger partial charge is 0.355 e. The van der Waals surface area contributed by atoms with Crippen LogP contribution in [0.2, 0.25) is 10.0 Å². The Bertz CT molecular complexity index is 457. The summed E-state index contributed by atoms with van der Waals surface area (Å²) in [5.41, 5.74) is 1.23. The van der Waals surface area contributed by atoms with Crippen molar-refractivity contribution in [2.75, 3.05) is 0 Å². The molecule has 2 nitrogen and oxygen atoms in total. The van der Waals surface area contributed by atoms with Gasteiger partial charge in [0.15, 0.2) is 0 Å². The molecule has 1 aromatic rings. The lowest BCUT2D eigenvalue weighted by molar-refractivity contribution is -0.111. The molecule has 1 atom stereocenters. The Balaban J connectivity index is 2.34. The van der Waals surface area contributed by atoms with Crippen LogP contribution < -0.4 is 5.32 Å². The summed E-state index contributed by atoms with van der Waals surface area (Å²) in [6, 6.07) is 6.03. The molecule has 19 heavy (non-hydrogen) atoms. The van der Waals surface area contributed by atoms with E-state index >= 15 is 0 Å². The number of carbonyl (C=O) groups is 1. The maximum Gasteiger partial charge on any atom is 0.207 e. The predicted octanol–water partition coefficient (Wildman–Crippen LogP) is 4.33. The van der Waals surface area contributed by atoms with E-state index in [0.29, 0.717) is 10.0 Å². The summed E-state index contributed by atoms with van der Waals surface area (Å²) in [6.45, 7) is 2.14. The third kappa shape index (κ3) is 2.75. The summed E-state index contributed by atoms with van der Waals surface area (Å²) in [6.07, 6.45) is 6.24. The number of carbonyl (C=O) groups excluding carboxylic acids is 1. The number of hydrogen-bond donors (Lipinski definition) is 1. The smallest absolute Gasteiger partial charge is 0.207 e. The van der Waals surface area contributed by atoms with Gasteiger partial charge < -0.3 is 5.32 Å². The van der Waals surface area contributed by atoms with Gasteiger partial charge in [-0.2, -0.15) is 0 Å². The van der Waals surface area contributed by atoms with Crippen molar-refractivity contribution in [3.8, 4) is 0 Å². The molecule has 1 fully saturated rings. The second-order valence-corrected chi connectivity index (χ2v) is 6.08. The maximum absolute atomic E-state index is 10.9. The molecule has 0 saturated heterocycles. The Morgan fingerprint density at radius 1 is 1.37 bits per heavy atom. The molecule has 4 heteroatoms. The first-order valence-corrected chi connectivity index (χ1v) is 7.55. The van der Waals surface area contributed by atoms with Crippen LogP contribution in [0.4, 0.5) is 0 Å². The Morgan fingerprint density at radius 2 is 2.11 bits per heavy atom. The first-order chi connectivity index (χ1) is 9.14. The minimum Gasteiger partial charge on any atom is -0.355 e. The van der Waals surface area contributed by atoms with E-state index in [1.165, 1.54) is 12.0 Å². The average Bonchev–Trinajstić information content (AvgIpc) is 2.33. The van der Waals surface area contributed by atoms with Crippen molar-refractivity contribution in [1.82, 2.24) is 5.32 Å². The van der Waals surface area contributed by atoms with Gasteiger partial charge in [-0.15, -0.1) is 0 Å². The first-order valence-electron chi connectivity index (χ1n) is 6.79. The zero-order valence-corrected chi connectivity index (χ0v) is 12.6. The summed E-state index contributed by atoms with van der Waals surface area (Å²) in [7, 11) is 0. The van der Waals surface area contributed by atoms with Crippen molar-refractivity contribution in [2.45, 2.75) is 50.5 Å². The Kier molecular flexibility index (Phi) is 4.75. The summed E-state index contributed by atoms with van der Waals surface area (Å²) in [5.74, 6) is 0. The molecule has 0 bridgehead atoms. The molecule has 1 aliphatic rings. The zero-order chi connectivity index (χ0) is 13.9. The van der Waals surface area contributed by atoms with Crippen molar-refractivity contribution in [3.05, 3.63) is 33.8 Å². The molecular formula is C15H19Cl2NO. The monoisotopic (exact) mass is 299 g/mol. The molecule has 0 aliphatic heterocycles. The lowest BCUT2D eigenvalue weighted by Crippen LogP contribution is -2.52. The standard InChI is InChI=1S/C15H19Cl2NO/c1-2-4-14(18-10-19)15(7-3-8-15)11-5-6-12(16)13(17)9-11/h5-6,9-10,14H,2-4,7-8H2,1H3,(H,18,19). The molecule has 2 rings (SSSR count). The quantitative estimate of drug-likeness (QED) is 0.778. The number of halogens is 2. The van der Waals surface area contributed by atoms with Gasteiger partial charge in [0.05, 0.1) is 10.0 Å². The van der Waals surface area contributed by atoms with Crippen LogP contribution in [0.5, 0.6) is 0 Å². The summed E-state index contributed by atoms with van der Waals surface area (Å²) >= 11 is 12.1. The molecule has 1 unspecified atom stereocenters. The second kappa shape index (κ2) is 6.15. The molecule has 0 spiro atoms. The number of nitrogens with one attached hydrogen (secondary N) is 1. The molecule has 1 aliphatic carbocycles. The van der Waals surface area contributed by atoms with E-state index in [4.69, 9.17) is 23.2 Å². The van der Waals surface area contributed by atoms with E-state index < -0.39 is 0 Å². The molecule has 0 aromatic heterocycles. The highest BCUT2D eigenvalue weighted by Gasteiger charge is 2.45. The van der Waals surface area contributed by atoms with Crippen LogP contribution in [0.25, 0.3) is 0 Å². The van der Waals surface area contributed by atoms with Crippen molar-refractivity contribution >= 4 is 29.6 Å². The van der Waals surface area contributed by atoms with Crippen LogP contribution in [0.15, 0.2) is 18.2 Å². The normalized spacial score (nSPS) is 18.5. The minimum absolute atomic E-state index is 0.0329. The Labute approximate surface area is 124 Å². The third-order valence-corrected chi connectivity index (χ3v) is 4.99. The van der Waals surface area contributed by atoms with Crippen LogP contribution in [-0.4, -0.2) is 12.5 Å². The van der Waals surface area contributed by atoms with Gasteiger partial charge in [0, 0.05) is 11.5 Å². The van der Waals surface area contributed by atoms with Crippen LogP contribution in [0.3, 0.4) is 0 Å². The van der Waals surface area contributed by atoms with E-state index in [2.05, 4.69) is 12.2 Å². The number of rotatable bonds is 6. The fourth-order valence-corrected chi connectivity index (χ4v) is 3.39. The fraction of sp³-hybridized carbons (Fsp3) is 0.533. The first kappa shape index (κ1) is 14.7. The molecule has 1 saturated carbocycles. The second-order valence-electron chi connectivity index (χ2n) is 5.26. The lowest BCUT2D eigenvalue weighted by atomic mass is 9.59. The van der Waals surface area contributed by atoms with Gasteiger partial charge in [-0.25, -0.2) is 0 Å². The number of amides is 1. The van der Waals surface area contributed by atoms with Crippen LogP contribution in [-0.2, 0) is 10.2 Å². The van der Waals surface area contributed by atoms with Crippen LogP contribution in [0, 0.1) is 0 Å². The van der Waals surface area contributed by atoms with Crippen LogP contribution >= 0.6 is 23.2 Å². The van der Waals surface area contributed by atoms with E-state index in [1.54, 1.807) is 0 Å². The van der Waals surface area contributed by atoms with Crippen molar-refractivity contribution in [1.29, 1.82) is 0 Å². The van der Waals surface area contributed by atoms with Gasteiger partial charge in [0.25, 0.3) is 0 Å². The van der Waals surface area contributed by atoms with Gasteiger partial charge in [0.1, 0.15) is 0 Å². The van der Waals surface area contributed by atoms with Gasteiger partial charge >= 0.3 is 0 Å². The van der Waals surface area contributed by atoms with Crippen molar-refractivity contribution in [3.63, 3.8) is 0 Å². The molecule has 1 amide bonds. The van der Waals surface area contributed by atoms with Gasteiger partial charge in [-0.05, 0) is 37.0 Å². The van der Waals surface area contributed by atoms with E-state index in [1.807, 2.05) is 18.2 Å². The van der Waals surface area contributed by atoms with Crippen molar-refractivity contribution < 1.29 is 4.79 Å². The van der Waals surface area contributed by atoms with E-state index in [0.717, 1.165) is 32.1 Å². The number of hydrogen-bond acceptors (Lipinski definition) is 1. The highest BCUT2D eigenvalue weighted by molar-refractivity contribution is 6.42.